The molecular weight excluding hydrogens is 286 g/mol. The minimum Gasteiger partial charge on any atom is -0.479 e. The molecule has 22 heavy (non-hydrogen) atoms. The predicted molar refractivity (Wildman–Crippen MR) is 80.0 cm³/mol. The third-order valence-corrected chi connectivity index (χ3v) is 3.84. The standard InChI is InChI=1S/C16H21NO5/c1-16(10-21-2,15(19)20)17-14(18)12-5-3-4-11(8-12)13-6-7-22-9-13/h3-5,8,13H,6-7,9-10H2,1-2H3,(H,17,18)(H,19,20). The fourth-order valence-corrected chi connectivity index (χ4v) is 2.49. The van der Waals surface area contributed by atoms with Gasteiger partial charge in [-0.1, -0.05) is 12.1 Å². The molecule has 2 unspecified atom stereocenters. The molecule has 6 nitrogen and oxygen atoms in total. The molecule has 1 amide bonds. The third-order valence-electron chi connectivity index (χ3n) is 3.84. The van der Waals surface area contributed by atoms with Crippen LogP contribution >= 0.6 is 0 Å². The Morgan fingerprint density at radius 3 is 2.86 bits per heavy atom. The van der Waals surface area contributed by atoms with Crippen molar-refractivity contribution in [2.45, 2.75) is 24.8 Å². The smallest absolute Gasteiger partial charge is 0.331 e. The summed E-state index contributed by atoms with van der Waals surface area (Å²) < 4.78 is 10.3. The van der Waals surface area contributed by atoms with Crippen LogP contribution in [0.25, 0.3) is 0 Å². The van der Waals surface area contributed by atoms with Gasteiger partial charge in [0.2, 0.25) is 0 Å². The quantitative estimate of drug-likeness (QED) is 0.830. The van der Waals surface area contributed by atoms with E-state index < -0.39 is 17.4 Å². The van der Waals surface area contributed by atoms with Crippen LogP contribution in [0.15, 0.2) is 24.3 Å². The summed E-state index contributed by atoms with van der Waals surface area (Å²) in [7, 11) is 1.40. The molecule has 0 spiro atoms. The van der Waals surface area contributed by atoms with Crippen LogP contribution < -0.4 is 5.32 Å². The van der Waals surface area contributed by atoms with Gasteiger partial charge in [0.05, 0.1) is 13.2 Å². The Hall–Kier alpha value is -1.92. The van der Waals surface area contributed by atoms with E-state index in [2.05, 4.69) is 5.32 Å². The molecule has 1 aliphatic rings. The van der Waals surface area contributed by atoms with E-state index in [0.717, 1.165) is 18.6 Å². The van der Waals surface area contributed by atoms with Gasteiger partial charge in [0.25, 0.3) is 5.91 Å². The molecule has 2 atom stereocenters. The van der Waals surface area contributed by atoms with Crippen LogP contribution in [0.4, 0.5) is 0 Å². The fourth-order valence-electron chi connectivity index (χ4n) is 2.49. The minimum atomic E-state index is -1.46. The first-order chi connectivity index (χ1) is 10.5. The van der Waals surface area contributed by atoms with E-state index >= 15 is 0 Å². The van der Waals surface area contributed by atoms with Gasteiger partial charge in [0, 0.05) is 25.2 Å². The van der Waals surface area contributed by atoms with Gasteiger partial charge in [-0.25, -0.2) is 4.79 Å². The molecule has 1 saturated heterocycles. The van der Waals surface area contributed by atoms with Crippen LogP contribution in [-0.2, 0) is 14.3 Å². The molecular formula is C16H21NO5. The Morgan fingerprint density at radius 1 is 1.50 bits per heavy atom. The number of carboxylic acid groups (broad SMARTS) is 1. The highest BCUT2D eigenvalue weighted by atomic mass is 16.5. The number of nitrogens with one attached hydrogen (secondary N) is 1. The highest BCUT2D eigenvalue weighted by molar-refractivity contribution is 5.98. The van der Waals surface area contributed by atoms with E-state index in [1.165, 1.54) is 14.0 Å². The lowest BCUT2D eigenvalue weighted by Gasteiger charge is -2.25. The van der Waals surface area contributed by atoms with Crippen LogP contribution in [0.3, 0.4) is 0 Å². The summed E-state index contributed by atoms with van der Waals surface area (Å²) in [5, 5.41) is 11.8. The van der Waals surface area contributed by atoms with Gasteiger partial charge in [-0.3, -0.25) is 4.79 Å². The first kappa shape index (κ1) is 16.5. The number of ether oxygens (including phenoxy) is 2. The van der Waals surface area contributed by atoms with Gasteiger partial charge in [0.15, 0.2) is 5.54 Å². The monoisotopic (exact) mass is 307 g/mol. The van der Waals surface area contributed by atoms with Gasteiger partial charge >= 0.3 is 5.97 Å². The second-order valence-electron chi connectivity index (χ2n) is 5.71. The Balaban J connectivity index is 2.15. The summed E-state index contributed by atoms with van der Waals surface area (Å²) in [4.78, 5) is 23.7. The molecule has 0 aliphatic carbocycles. The van der Waals surface area contributed by atoms with Gasteiger partial charge < -0.3 is 19.9 Å². The summed E-state index contributed by atoms with van der Waals surface area (Å²) in [5.41, 5.74) is 0.0140. The Kier molecular flexibility index (Phi) is 5.15. The third kappa shape index (κ3) is 3.64. The van der Waals surface area contributed by atoms with Crippen LogP contribution in [0.2, 0.25) is 0 Å². The number of amides is 1. The summed E-state index contributed by atoms with van der Waals surface area (Å²) >= 11 is 0. The summed E-state index contributed by atoms with van der Waals surface area (Å²) in [5.74, 6) is -1.27. The zero-order chi connectivity index (χ0) is 16.2. The number of benzene rings is 1. The second-order valence-corrected chi connectivity index (χ2v) is 5.71. The Labute approximate surface area is 129 Å². The summed E-state index contributed by atoms with van der Waals surface area (Å²) in [6, 6.07) is 7.23. The molecule has 1 aliphatic heterocycles. The number of carbonyl (C=O) groups excluding carboxylic acids is 1. The van der Waals surface area contributed by atoms with Crippen molar-refractivity contribution in [1.29, 1.82) is 0 Å². The fraction of sp³-hybridized carbons (Fsp3) is 0.500. The Bertz CT molecular complexity index is 553. The molecule has 1 fully saturated rings. The highest BCUT2D eigenvalue weighted by Gasteiger charge is 2.35. The predicted octanol–water partition coefficient (Wildman–Crippen LogP) is 1.41. The molecule has 0 bridgehead atoms. The second kappa shape index (κ2) is 6.89. The molecule has 1 aromatic rings. The maximum absolute atomic E-state index is 12.3. The molecule has 2 N–H and O–H groups in total. The maximum atomic E-state index is 12.3. The Morgan fingerprint density at radius 2 is 2.27 bits per heavy atom. The summed E-state index contributed by atoms with van der Waals surface area (Å²) in [6.07, 6.45) is 0.932. The van der Waals surface area contributed by atoms with Crippen LogP contribution in [0.1, 0.15) is 35.2 Å². The zero-order valence-electron chi connectivity index (χ0n) is 12.8. The number of carbonyl (C=O) groups is 2. The minimum absolute atomic E-state index is 0.107. The van der Waals surface area contributed by atoms with Crippen molar-refractivity contribution in [3.8, 4) is 0 Å². The molecule has 1 heterocycles. The number of hydrogen-bond acceptors (Lipinski definition) is 4. The average Bonchev–Trinajstić information content (AvgIpc) is 3.01. The first-order valence-corrected chi connectivity index (χ1v) is 7.19. The van der Waals surface area contributed by atoms with Crippen molar-refractivity contribution in [3.05, 3.63) is 35.4 Å². The van der Waals surface area contributed by atoms with E-state index in [1.54, 1.807) is 18.2 Å². The highest BCUT2D eigenvalue weighted by Crippen LogP contribution is 2.25. The molecule has 6 heteroatoms. The van der Waals surface area contributed by atoms with E-state index in [-0.39, 0.29) is 12.5 Å². The van der Waals surface area contributed by atoms with Crippen molar-refractivity contribution in [3.63, 3.8) is 0 Å². The topological polar surface area (TPSA) is 84.9 Å². The van der Waals surface area contributed by atoms with Crippen molar-refractivity contribution in [1.82, 2.24) is 5.32 Å². The maximum Gasteiger partial charge on any atom is 0.331 e. The largest absolute Gasteiger partial charge is 0.479 e. The van der Waals surface area contributed by atoms with Gasteiger partial charge in [-0.15, -0.1) is 0 Å². The molecule has 0 saturated carbocycles. The van der Waals surface area contributed by atoms with E-state index in [4.69, 9.17) is 9.47 Å². The van der Waals surface area contributed by atoms with E-state index in [1.807, 2.05) is 6.07 Å². The molecule has 0 radical (unpaired) electrons. The van der Waals surface area contributed by atoms with Crippen molar-refractivity contribution in [2.75, 3.05) is 26.9 Å². The van der Waals surface area contributed by atoms with Crippen LogP contribution in [-0.4, -0.2) is 49.5 Å². The number of carboxylic acids is 1. The van der Waals surface area contributed by atoms with Gasteiger partial charge in [0.1, 0.15) is 0 Å². The normalized spacial score (nSPS) is 20.4. The lowest BCUT2D eigenvalue weighted by atomic mass is 9.96. The van der Waals surface area contributed by atoms with Crippen molar-refractivity contribution in [2.24, 2.45) is 0 Å². The number of methoxy groups -OCH3 is 1. The average molecular weight is 307 g/mol. The lowest BCUT2D eigenvalue weighted by molar-refractivity contribution is -0.145. The van der Waals surface area contributed by atoms with Crippen molar-refractivity contribution >= 4 is 11.9 Å². The number of aliphatic carboxylic acids is 1. The van der Waals surface area contributed by atoms with Crippen LogP contribution in [0.5, 0.6) is 0 Å². The molecule has 0 aromatic heterocycles. The van der Waals surface area contributed by atoms with Crippen LogP contribution in [0, 0.1) is 0 Å². The van der Waals surface area contributed by atoms with E-state index in [0.29, 0.717) is 12.2 Å². The zero-order valence-corrected chi connectivity index (χ0v) is 12.8. The number of rotatable bonds is 6. The van der Waals surface area contributed by atoms with Crippen molar-refractivity contribution < 1.29 is 24.2 Å². The van der Waals surface area contributed by atoms with Gasteiger partial charge in [-0.05, 0) is 31.0 Å². The molecule has 1 aromatic carbocycles. The first-order valence-electron chi connectivity index (χ1n) is 7.19. The SMILES string of the molecule is COCC(C)(NC(=O)c1cccc(C2CCOC2)c1)C(=O)O. The molecule has 2 rings (SSSR count). The lowest BCUT2D eigenvalue weighted by Crippen LogP contribution is -2.55. The van der Waals surface area contributed by atoms with E-state index in [9.17, 15) is 14.7 Å². The van der Waals surface area contributed by atoms with Gasteiger partial charge in [-0.2, -0.15) is 0 Å². The summed E-state index contributed by atoms with van der Waals surface area (Å²) in [6.45, 7) is 2.70. The number of hydrogen-bond donors (Lipinski definition) is 2. The molecule has 120 valence electrons.